The van der Waals surface area contributed by atoms with Crippen molar-refractivity contribution in [2.75, 3.05) is 17.2 Å². The van der Waals surface area contributed by atoms with Gasteiger partial charge in [-0.1, -0.05) is 18.2 Å². The number of aryl methyl sites for hydroxylation is 1. The Morgan fingerprint density at radius 2 is 1.68 bits per heavy atom. The van der Waals surface area contributed by atoms with E-state index in [1.165, 1.54) is 23.1 Å². The number of halogens is 8. The Hall–Kier alpha value is -3.46. The number of benzene rings is 2. The first-order valence-corrected chi connectivity index (χ1v) is 13.2. The highest BCUT2D eigenvalue weighted by molar-refractivity contribution is 7.89. The van der Waals surface area contributed by atoms with Crippen LogP contribution in [-0.4, -0.2) is 35.8 Å². The van der Waals surface area contributed by atoms with Gasteiger partial charge in [-0.3, -0.25) is 4.98 Å². The second-order valence-electron chi connectivity index (χ2n) is 9.19. The molecule has 2 N–H and O–H groups in total. The van der Waals surface area contributed by atoms with E-state index in [0.29, 0.717) is 11.6 Å². The van der Waals surface area contributed by atoms with Crippen molar-refractivity contribution in [3.8, 4) is 0 Å². The lowest BCUT2D eigenvalue weighted by Crippen LogP contribution is -2.47. The van der Waals surface area contributed by atoms with Crippen molar-refractivity contribution in [3.63, 3.8) is 0 Å². The number of hydrogen-bond donors (Lipinski definition) is 1. The molecule has 0 saturated carbocycles. The molecule has 0 fully saturated rings. The van der Waals surface area contributed by atoms with Crippen molar-refractivity contribution in [1.82, 2.24) is 9.29 Å². The van der Waals surface area contributed by atoms with Crippen LogP contribution in [-0.2, 0) is 35.7 Å². The fourth-order valence-corrected chi connectivity index (χ4v) is 5.54. The summed E-state index contributed by atoms with van der Waals surface area (Å²) in [7, 11) is -6.05. The number of alkyl halides is 6. The van der Waals surface area contributed by atoms with Gasteiger partial charge in [0.05, 0.1) is 29.7 Å². The van der Waals surface area contributed by atoms with E-state index in [1.807, 2.05) is 0 Å². The van der Waals surface area contributed by atoms with E-state index in [0.717, 1.165) is 30.5 Å². The van der Waals surface area contributed by atoms with Crippen LogP contribution in [0.3, 0.4) is 0 Å². The van der Waals surface area contributed by atoms with Crippen molar-refractivity contribution < 1.29 is 43.5 Å². The molecule has 0 saturated heterocycles. The molecule has 1 aliphatic heterocycles. The molecule has 1 aromatic heterocycles. The Bertz CT molecular complexity index is 1480. The van der Waals surface area contributed by atoms with Gasteiger partial charge in [-0.15, -0.1) is 0 Å². The molecular formula is C25H22F8N4O2S. The lowest BCUT2D eigenvalue weighted by atomic mass is 10.0. The van der Waals surface area contributed by atoms with E-state index in [1.54, 1.807) is 0 Å². The first kappa shape index (κ1) is 29.5. The van der Waals surface area contributed by atoms with Crippen LogP contribution in [0.25, 0.3) is 0 Å². The quantitative estimate of drug-likeness (QED) is 0.374. The number of nitrogens with zero attached hydrogens (tertiary/aromatic N) is 3. The minimum atomic E-state index is -6.05. The maximum atomic E-state index is 14.0. The number of sulfonamides is 1. The van der Waals surface area contributed by atoms with Crippen LogP contribution in [0, 0.1) is 11.6 Å². The van der Waals surface area contributed by atoms with Crippen LogP contribution >= 0.6 is 0 Å². The predicted octanol–water partition coefficient (Wildman–Crippen LogP) is 5.63. The molecule has 2 heterocycles. The summed E-state index contributed by atoms with van der Waals surface area (Å²) in [6.45, 7) is -2.35. The molecule has 1 aliphatic rings. The van der Waals surface area contributed by atoms with Crippen molar-refractivity contribution in [3.05, 3.63) is 88.7 Å². The Morgan fingerprint density at radius 1 is 1.00 bits per heavy atom. The first-order valence-electron chi connectivity index (χ1n) is 11.7. The largest absolute Gasteiger partial charge is 0.511 e. The summed E-state index contributed by atoms with van der Waals surface area (Å²) in [5, 5.41) is 0. The Morgan fingerprint density at radius 3 is 2.27 bits per heavy atom. The fraction of sp³-hybridized carbons (Fsp3) is 0.320. The average molecular weight is 595 g/mol. The van der Waals surface area contributed by atoms with E-state index in [2.05, 4.69) is 4.98 Å². The third kappa shape index (κ3) is 6.14. The molecule has 6 nitrogen and oxygen atoms in total. The second-order valence-corrected chi connectivity index (χ2v) is 11.1. The minimum Gasteiger partial charge on any atom is -0.396 e. The number of anilines is 2. The summed E-state index contributed by atoms with van der Waals surface area (Å²) < 4.78 is 135. The normalized spacial score (nSPS) is 17.0. The number of pyridine rings is 1. The Balaban J connectivity index is 1.87. The zero-order valence-electron chi connectivity index (χ0n) is 20.5. The van der Waals surface area contributed by atoms with E-state index in [9.17, 15) is 43.5 Å². The van der Waals surface area contributed by atoms with Gasteiger partial charge in [0.1, 0.15) is 5.82 Å². The molecule has 216 valence electrons. The number of nitrogens with two attached hydrogens (primary N) is 1. The standard InChI is InChI=1S/C25H22F8N4O2S/c26-16-7-4-15(5-8-16)6-9-18-13-36(40(38,39)25(31,32)33)14-19-20(24(28,29)30)2-1-3-23(19)37(18)12-17-10-22(34)21(27)11-35-17/h1-5,7-8,10-11,18H,6,9,12-14H2,(H2,34,35). The zero-order valence-corrected chi connectivity index (χ0v) is 21.3. The molecule has 15 heteroatoms. The second kappa shape index (κ2) is 10.8. The van der Waals surface area contributed by atoms with Crippen molar-refractivity contribution in [1.29, 1.82) is 0 Å². The number of aromatic nitrogens is 1. The average Bonchev–Trinajstić information content (AvgIpc) is 3.02. The molecule has 0 aliphatic carbocycles. The van der Waals surface area contributed by atoms with Gasteiger partial charge in [0.15, 0.2) is 5.82 Å². The van der Waals surface area contributed by atoms with Gasteiger partial charge >= 0.3 is 21.7 Å². The van der Waals surface area contributed by atoms with E-state index in [-0.39, 0.29) is 40.8 Å². The molecule has 0 spiro atoms. The van der Waals surface area contributed by atoms with E-state index >= 15 is 0 Å². The van der Waals surface area contributed by atoms with Gasteiger partial charge in [0.25, 0.3) is 0 Å². The van der Waals surface area contributed by atoms with Crippen LogP contribution < -0.4 is 10.6 Å². The zero-order chi connectivity index (χ0) is 29.5. The van der Waals surface area contributed by atoms with Crippen LogP contribution in [0.15, 0.2) is 54.7 Å². The highest BCUT2D eigenvalue weighted by Crippen LogP contribution is 2.42. The topological polar surface area (TPSA) is 79.5 Å². The van der Waals surface area contributed by atoms with Crippen LogP contribution in [0.4, 0.5) is 46.5 Å². The fourth-order valence-electron chi connectivity index (χ4n) is 4.58. The van der Waals surface area contributed by atoms with Crippen LogP contribution in [0.5, 0.6) is 0 Å². The first-order chi connectivity index (χ1) is 18.6. The van der Waals surface area contributed by atoms with Crippen molar-refractivity contribution >= 4 is 21.4 Å². The maximum Gasteiger partial charge on any atom is 0.511 e. The number of rotatable bonds is 6. The molecular weight excluding hydrogens is 572 g/mol. The highest BCUT2D eigenvalue weighted by atomic mass is 32.2. The molecule has 4 rings (SSSR count). The van der Waals surface area contributed by atoms with Gasteiger partial charge in [-0.25, -0.2) is 17.2 Å². The summed E-state index contributed by atoms with van der Waals surface area (Å²) in [5.74, 6) is -1.38. The maximum absolute atomic E-state index is 14.0. The third-order valence-electron chi connectivity index (χ3n) is 6.54. The van der Waals surface area contributed by atoms with Gasteiger partial charge in [0.2, 0.25) is 0 Å². The number of nitrogen functional groups attached to an aromatic ring is 1. The molecule has 1 atom stereocenters. The summed E-state index contributed by atoms with van der Waals surface area (Å²) in [6, 6.07) is 8.17. The van der Waals surface area contributed by atoms with Gasteiger partial charge < -0.3 is 10.6 Å². The third-order valence-corrected chi connectivity index (χ3v) is 8.08. The molecule has 1 unspecified atom stereocenters. The van der Waals surface area contributed by atoms with E-state index < -0.39 is 63.6 Å². The molecule has 0 radical (unpaired) electrons. The smallest absolute Gasteiger partial charge is 0.396 e. The Kier molecular flexibility index (Phi) is 8.00. The summed E-state index contributed by atoms with van der Waals surface area (Å²) in [4.78, 5) is 5.22. The van der Waals surface area contributed by atoms with Gasteiger partial charge in [-0.05, 0) is 48.7 Å². The molecule has 40 heavy (non-hydrogen) atoms. The summed E-state index contributed by atoms with van der Waals surface area (Å²) in [6.07, 6.45) is -4.14. The SMILES string of the molecule is Nc1cc(CN2c3cccc(C(F)(F)F)c3CN(S(=O)(=O)C(F)(F)F)CC2CCc2ccc(F)cc2)ncc1F. The summed E-state index contributed by atoms with van der Waals surface area (Å²) >= 11 is 0. The minimum absolute atomic E-state index is 0.0111. The molecule has 0 amide bonds. The summed E-state index contributed by atoms with van der Waals surface area (Å²) in [5.41, 5.74) is -1.97. The number of hydrogen-bond acceptors (Lipinski definition) is 5. The van der Waals surface area contributed by atoms with Crippen LogP contribution in [0.2, 0.25) is 0 Å². The van der Waals surface area contributed by atoms with Crippen molar-refractivity contribution in [2.24, 2.45) is 0 Å². The van der Waals surface area contributed by atoms with Gasteiger partial charge in [-0.2, -0.15) is 30.6 Å². The monoisotopic (exact) mass is 594 g/mol. The lowest BCUT2D eigenvalue weighted by Gasteiger charge is -2.34. The van der Waals surface area contributed by atoms with Crippen molar-refractivity contribution in [2.45, 2.75) is 43.7 Å². The highest BCUT2D eigenvalue weighted by Gasteiger charge is 2.52. The number of fused-ring (bicyclic) bond motifs is 1. The predicted molar refractivity (Wildman–Crippen MR) is 130 cm³/mol. The molecule has 0 bridgehead atoms. The van der Waals surface area contributed by atoms with E-state index in [4.69, 9.17) is 5.73 Å². The Labute approximate surface area is 224 Å². The lowest BCUT2D eigenvalue weighted by molar-refractivity contribution is -0.138. The molecule has 3 aromatic rings. The molecule has 2 aromatic carbocycles. The van der Waals surface area contributed by atoms with Crippen LogP contribution in [0.1, 0.15) is 28.8 Å². The van der Waals surface area contributed by atoms with Gasteiger partial charge in [0, 0.05) is 30.4 Å².